The fraction of sp³-hybridized carbons (Fsp3) is 0.0789. The normalized spacial score (nSPS) is 15.0. The first kappa shape index (κ1) is 44.4. The Morgan fingerprint density at radius 3 is 1.61 bits per heavy atom. The number of allylic oxidation sites excluding steroid dienone is 6. The largest absolute Gasteiger partial charge is 0.455 e. The summed E-state index contributed by atoms with van der Waals surface area (Å²) in [7, 11) is 0. The first-order valence-electron chi connectivity index (χ1n) is 28.1. The van der Waals surface area contributed by atoms with Crippen molar-refractivity contribution < 1.29 is 4.42 Å². The molecule has 0 fully saturated rings. The Hall–Kier alpha value is -9.70. The van der Waals surface area contributed by atoms with Crippen molar-refractivity contribution in [2.75, 3.05) is 0 Å². The molecule has 3 aliphatic rings. The van der Waals surface area contributed by atoms with E-state index in [1.165, 1.54) is 126 Å². The molecule has 372 valence electrons. The number of nitrogens with zero attached hydrogens (tertiary/aromatic N) is 2. The van der Waals surface area contributed by atoms with Crippen molar-refractivity contribution in [1.29, 1.82) is 0 Å². The third-order valence-corrected chi connectivity index (χ3v) is 17.7. The summed E-state index contributed by atoms with van der Waals surface area (Å²) in [6.45, 7) is 0. The lowest BCUT2D eigenvalue weighted by Gasteiger charge is -2.21. The lowest BCUT2D eigenvalue weighted by Crippen LogP contribution is -2.11. The standard InChI is InChI=1S/C76H52N2O/c1-3-20-50(21-4-1)77-67-36-17-15-24-52(67)65-44-47(39-42-69(65)77)72-55-26-7-9-28-57(55)74(58-29-10-8-27-56(58)72)49-38-41-54-63-34-19-35-64(76(63)79-71(54)46-49)75-61-32-13-11-30-59(61)73(60-31-12-14-33-62(60)75)48-40-43-70-66(45-48)53-25-16-18-37-68(53)78(70)51-22-5-2-6-23-51/h1-15,18-20,22-24,26-35,37-46,50H,16-17,21,25,36H2. The molecule has 0 saturated heterocycles. The molecule has 3 heteroatoms. The number of benzene rings is 11. The quantitative estimate of drug-likeness (QED) is 0.152. The number of hydrogen-bond donors (Lipinski definition) is 0. The van der Waals surface area contributed by atoms with Gasteiger partial charge in [-0.25, -0.2) is 0 Å². The summed E-state index contributed by atoms with van der Waals surface area (Å²) in [6, 6.07) is 75.2. The van der Waals surface area contributed by atoms with Crippen molar-refractivity contribution in [2.24, 2.45) is 0 Å². The van der Waals surface area contributed by atoms with Crippen LogP contribution in [0.5, 0.6) is 0 Å². The van der Waals surface area contributed by atoms with E-state index in [1.807, 2.05) is 0 Å². The number of rotatable bonds is 6. The number of aryl methyl sites for hydroxylation is 1. The van der Waals surface area contributed by atoms with Gasteiger partial charge in [-0.3, -0.25) is 0 Å². The summed E-state index contributed by atoms with van der Waals surface area (Å²) in [5.41, 5.74) is 20.7. The summed E-state index contributed by atoms with van der Waals surface area (Å²) in [5.74, 6) is 0. The highest BCUT2D eigenvalue weighted by Crippen LogP contribution is 2.50. The predicted molar refractivity (Wildman–Crippen MR) is 334 cm³/mol. The van der Waals surface area contributed by atoms with Gasteiger partial charge in [0, 0.05) is 60.8 Å². The molecule has 0 amide bonds. The molecule has 14 aromatic rings. The van der Waals surface area contributed by atoms with Gasteiger partial charge in [0.25, 0.3) is 0 Å². The fourth-order valence-electron chi connectivity index (χ4n) is 14.4. The van der Waals surface area contributed by atoms with E-state index in [-0.39, 0.29) is 0 Å². The summed E-state index contributed by atoms with van der Waals surface area (Å²) < 4.78 is 12.3. The third-order valence-electron chi connectivity index (χ3n) is 17.7. The van der Waals surface area contributed by atoms with Crippen molar-refractivity contribution in [3.8, 4) is 50.2 Å². The first-order valence-corrected chi connectivity index (χ1v) is 28.1. The van der Waals surface area contributed by atoms with Gasteiger partial charge in [0.2, 0.25) is 0 Å². The van der Waals surface area contributed by atoms with Crippen LogP contribution in [0.3, 0.4) is 0 Å². The number of aromatic nitrogens is 2. The van der Waals surface area contributed by atoms with E-state index in [1.54, 1.807) is 0 Å². The maximum absolute atomic E-state index is 7.28. The van der Waals surface area contributed by atoms with Crippen LogP contribution in [0.15, 0.2) is 241 Å². The second-order valence-electron chi connectivity index (χ2n) is 21.9. The van der Waals surface area contributed by atoms with Gasteiger partial charge in [0.15, 0.2) is 0 Å². The van der Waals surface area contributed by atoms with Crippen LogP contribution < -0.4 is 0 Å². The average molecular weight is 1010 g/mol. The summed E-state index contributed by atoms with van der Waals surface area (Å²) in [6.07, 6.45) is 23.7. The van der Waals surface area contributed by atoms with Crippen molar-refractivity contribution in [2.45, 2.75) is 38.1 Å². The summed E-state index contributed by atoms with van der Waals surface area (Å²) >= 11 is 0. The van der Waals surface area contributed by atoms with Crippen LogP contribution in [-0.2, 0) is 12.8 Å². The average Bonchev–Trinajstić information content (AvgIpc) is 4.39. The molecule has 3 aromatic heterocycles. The predicted octanol–water partition coefficient (Wildman–Crippen LogP) is 20.7. The van der Waals surface area contributed by atoms with Crippen LogP contribution >= 0.6 is 0 Å². The summed E-state index contributed by atoms with van der Waals surface area (Å²) in [5, 5.41) is 14.7. The van der Waals surface area contributed by atoms with Gasteiger partial charge in [-0.1, -0.05) is 194 Å². The molecule has 0 aliphatic heterocycles. The van der Waals surface area contributed by atoms with E-state index >= 15 is 0 Å². The second-order valence-corrected chi connectivity index (χ2v) is 21.9. The second kappa shape index (κ2) is 17.4. The molecule has 11 aromatic carbocycles. The molecule has 1 atom stereocenters. The van der Waals surface area contributed by atoms with Crippen molar-refractivity contribution in [1.82, 2.24) is 9.13 Å². The molecule has 0 saturated carbocycles. The Balaban J connectivity index is 0.827. The van der Waals surface area contributed by atoms with Crippen LogP contribution in [0.25, 0.3) is 149 Å². The molecule has 0 bridgehead atoms. The van der Waals surface area contributed by atoms with Crippen molar-refractivity contribution in [3.63, 3.8) is 0 Å². The molecule has 1 unspecified atom stereocenters. The zero-order valence-corrected chi connectivity index (χ0v) is 43.6. The Bertz CT molecular complexity index is 4930. The molecule has 0 radical (unpaired) electrons. The van der Waals surface area contributed by atoms with Crippen molar-refractivity contribution in [3.05, 3.63) is 259 Å². The number of furan rings is 1. The highest BCUT2D eigenvalue weighted by Gasteiger charge is 2.26. The molecule has 3 aliphatic carbocycles. The highest BCUT2D eigenvalue weighted by molar-refractivity contribution is 6.26. The Morgan fingerprint density at radius 1 is 0.405 bits per heavy atom. The third kappa shape index (κ3) is 6.60. The zero-order valence-electron chi connectivity index (χ0n) is 43.6. The van der Waals surface area contributed by atoms with E-state index in [0.29, 0.717) is 6.04 Å². The Kier molecular flexibility index (Phi) is 9.79. The molecular weight excluding hydrogens is 957 g/mol. The van der Waals surface area contributed by atoms with Gasteiger partial charge in [-0.15, -0.1) is 0 Å². The van der Waals surface area contributed by atoms with Gasteiger partial charge < -0.3 is 13.6 Å². The zero-order chi connectivity index (χ0) is 51.7. The van der Waals surface area contributed by atoms with Gasteiger partial charge in [0.1, 0.15) is 11.2 Å². The minimum Gasteiger partial charge on any atom is -0.455 e. The lowest BCUT2D eigenvalue weighted by atomic mass is 9.85. The van der Waals surface area contributed by atoms with Crippen molar-refractivity contribution >= 4 is 99.0 Å². The number of fused-ring (bicyclic) bond motifs is 13. The maximum Gasteiger partial charge on any atom is 0.143 e. The molecule has 79 heavy (non-hydrogen) atoms. The smallest absolute Gasteiger partial charge is 0.143 e. The number of hydrogen-bond acceptors (Lipinski definition) is 1. The highest BCUT2D eigenvalue weighted by atomic mass is 16.3. The first-order chi connectivity index (χ1) is 39.2. The minimum absolute atomic E-state index is 0.326. The molecule has 3 nitrogen and oxygen atoms in total. The van der Waals surface area contributed by atoms with Gasteiger partial charge in [0.05, 0.1) is 11.6 Å². The lowest BCUT2D eigenvalue weighted by molar-refractivity contribution is 0.599. The maximum atomic E-state index is 7.28. The summed E-state index contributed by atoms with van der Waals surface area (Å²) in [4.78, 5) is 0. The molecule has 0 spiro atoms. The van der Waals surface area contributed by atoms with E-state index in [9.17, 15) is 0 Å². The fourth-order valence-corrected chi connectivity index (χ4v) is 14.4. The van der Waals surface area contributed by atoms with Crippen LogP contribution in [0.2, 0.25) is 0 Å². The van der Waals surface area contributed by atoms with Gasteiger partial charge in [-0.2, -0.15) is 0 Å². The SMILES string of the molecule is C1=CCC(n2c3c(c4cc(-c5c6ccccc6c(-c6ccc7c(c6)oc6c(-c8c9ccccc9c(-c9ccc%10c(c9)c9c(n%10-c%10ccccc%10)C=CCC9)c9ccccc89)cccc67)c6ccccc56)ccc42)C=CCC3)C=C1. The Morgan fingerprint density at radius 2 is 0.962 bits per heavy atom. The molecular formula is C76H52N2O. The molecule has 0 N–H and O–H groups in total. The van der Waals surface area contributed by atoms with Crippen LogP contribution in [0, 0.1) is 0 Å². The van der Waals surface area contributed by atoms with E-state index in [4.69, 9.17) is 4.42 Å². The van der Waals surface area contributed by atoms with E-state index in [0.717, 1.165) is 65.2 Å². The topological polar surface area (TPSA) is 23.0 Å². The van der Waals surface area contributed by atoms with Crippen LogP contribution in [0.1, 0.15) is 47.8 Å². The van der Waals surface area contributed by atoms with Gasteiger partial charge >= 0.3 is 0 Å². The Labute approximate surface area is 457 Å². The van der Waals surface area contributed by atoms with E-state index < -0.39 is 0 Å². The van der Waals surface area contributed by atoms with E-state index in [2.05, 4.69) is 258 Å². The van der Waals surface area contributed by atoms with Gasteiger partial charge in [-0.05, 0) is 169 Å². The molecule has 3 heterocycles. The molecule has 17 rings (SSSR count). The van der Waals surface area contributed by atoms with Crippen LogP contribution in [-0.4, -0.2) is 9.13 Å². The van der Waals surface area contributed by atoms with Crippen LogP contribution in [0.4, 0.5) is 0 Å². The monoisotopic (exact) mass is 1010 g/mol. The minimum atomic E-state index is 0.326. The number of para-hydroxylation sites is 2.